The van der Waals surface area contributed by atoms with Gasteiger partial charge in [0.25, 0.3) is 5.91 Å². The van der Waals surface area contributed by atoms with Gasteiger partial charge in [-0.15, -0.1) is 0 Å². The van der Waals surface area contributed by atoms with Gasteiger partial charge in [-0.1, -0.05) is 91.4 Å². The second-order valence-corrected chi connectivity index (χ2v) is 12.9. The molecule has 43 heavy (non-hydrogen) atoms. The van der Waals surface area contributed by atoms with Gasteiger partial charge in [-0.25, -0.2) is 0 Å². The number of rotatable bonds is 9. The Morgan fingerprint density at radius 3 is 2.30 bits per heavy atom. The minimum Gasteiger partial charge on any atom is -0.497 e. The molecule has 1 amide bonds. The molecule has 0 fully saturated rings. The standard InChI is InChI=1S/C37H36N3O2P/c1-3-26-18-20-34(39-25-26)36(30-22-23-38-33-21-19-27(42-2)24-32(30)33)40-37(41)31-16-10-11-17-35(31)43(28-12-6-4-7-13-28)29-14-8-5-9-15-29/h4-17,19,21-25,34,36,39H,3,18,20H2,1-2H3,(H,40,41)/t34-,36+/m0/s1. The van der Waals surface area contributed by atoms with Crippen molar-refractivity contribution in [3.05, 3.63) is 138 Å². The molecular weight excluding hydrogens is 549 g/mol. The number of benzene rings is 4. The van der Waals surface area contributed by atoms with Crippen molar-refractivity contribution in [2.24, 2.45) is 0 Å². The molecule has 5 nitrogen and oxygen atoms in total. The van der Waals surface area contributed by atoms with E-state index in [0.717, 1.165) is 46.8 Å². The molecule has 6 rings (SSSR count). The number of nitrogens with one attached hydrogen (secondary N) is 2. The molecule has 1 aliphatic heterocycles. The summed E-state index contributed by atoms with van der Waals surface area (Å²) in [6.45, 7) is 2.18. The van der Waals surface area contributed by atoms with Crippen LogP contribution in [-0.2, 0) is 0 Å². The van der Waals surface area contributed by atoms with Crippen LogP contribution < -0.4 is 31.3 Å². The Kier molecular flexibility index (Phi) is 8.81. The maximum Gasteiger partial charge on any atom is 0.252 e. The van der Waals surface area contributed by atoms with Crippen LogP contribution in [-0.4, -0.2) is 24.0 Å². The minimum absolute atomic E-state index is 0.0213. The van der Waals surface area contributed by atoms with E-state index in [1.54, 1.807) is 7.11 Å². The molecule has 0 saturated carbocycles. The summed E-state index contributed by atoms with van der Waals surface area (Å²) in [4.78, 5) is 19.1. The molecule has 5 aromatic rings. The van der Waals surface area contributed by atoms with Gasteiger partial charge < -0.3 is 15.4 Å². The minimum atomic E-state index is -0.949. The van der Waals surface area contributed by atoms with Gasteiger partial charge >= 0.3 is 0 Å². The normalized spacial score (nSPS) is 15.4. The highest BCUT2D eigenvalue weighted by Crippen LogP contribution is 2.35. The lowest BCUT2D eigenvalue weighted by Crippen LogP contribution is -2.44. The summed E-state index contributed by atoms with van der Waals surface area (Å²) in [7, 11) is 0.723. The SMILES string of the molecule is CCC1=CN[C@H]([C@H](NC(=O)c2ccccc2P(c2ccccc2)c2ccccc2)c2ccnc3ccc(OC)cc23)CC1. The van der Waals surface area contributed by atoms with Crippen LogP contribution in [0, 0.1) is 0 Å². The lowest BCUT2D eigenvalue weighted by atomic mass is 9.89. The molecule has 0 bridgehead atoms. The van der Waals surface area contributed by atoms with Crippen LogP contribution in [0.25, 0.3) is 10.9 Å². The molecule has 216 valence electrons. The average Bonchev–Trinajstić information content (AvgIpc) is 3.08. The number of pyridine rings is 1. The first-order chi connectivity index (χ1) is 21.2. The molecule has 2 atom stereocenters. The zero-order valence-corrected chi connectivity index (χ0v) is 25.4. The van der Waals surface area contributed by atoms with Gasteiger partial charge in [-0.2, -0.15) is 0 Å². The zero-order valence-electron chi connectivity index (χ0n) is 24.5. The van der Waals surface area contributed by atoms with Crippen molar-refractivity contribution < 1.29 is 9.53 Å². The molecule has 0 saturated heterocycles. The third kappa shape index (κ3) is 6.18. The number of carbonyl (C=O) groups is 1. The first-order valence-corrected chi connectivity index (χ1v) is 16.2. The smallest absolute Gasteiger partial charge is 0.252 e. The summed E-state index contributed by atoms with van der Waals surface area (Å²) < 4.78 is 5.57. The number of aromatic nitrogens is 1. The molecule has 2 N–H and O–H groups in total. The third-order valence-corrected chi connectivity index (χ3v) is 10.7. The summed E-state index contributed by atoms with van der Waals surface area (Å²) in [5, 5.41) is 11.6. The van der Waals surface area contributed by atoms with Crippen molar-refractivity contribution in [2.45, 2.75) is 38.3 Å². The monoisotopic (exact) mass is 585 g/mol. The van der Waals surface area contributed by atoms with Crippen molar-refractivity contribution in [1.82, 2.24) is 15.6 Å². The fourth-order valence-corrected chi connectivity index (χ4v) is 8.31. The van der Waals surface area contributed by atoms with Crippen molar-refractivity contribution in [3.8, 4) is 5.75 Å². The molecule has 4 aromatic carbocycles. The highest BCUT2D eigenvalue weighted by molar-refractivity contribution is 7.80. The van der Waals surface area contributed by atoms with Gasteiger partial charge in [0.1, 0.15) is 5.75 Å². The van der Waals surface area contributed by atoms with Crippen LogP contribution in [0.2, 0.25) is 0 Å². The number of hydrogen-bond acceptors (Lipinski definition) is 4. The number of hydrogen-bond donors (Lipinski definition) is 2. The summed E-state index contributed by atoms with van der Waals surface area (Å²) in [6.07, 6.45) is 6.90. The Labute approximate surface area is 254 Å². The van der Waals surface area contributed by atoms with Gasteiger partial charge in [0.05, 0.1) is 24.7 Å². The van der Waals surface area contributed by atoms with E-state index in [4.69, 9.17) is 4.74 Å². The van der Waals surface area contributed by atoms with Crippen molar-refractivity contribution >= 4 is 40.6 Å². The zero-order chi connectivity index (χ0) is 29.6. The molecule has 0 spiro atoms. The van der Waals surface area contributed by atoms with Crippen molar-refractivity contribution in [3.63, 3.8) is 0 Å². The predicted molar refractivity (Wildman–Crippen MR) is 178 cm³/mol. The highest BCUT2D eigenvalue weighted by Gasteiger charge is 2.30. The molecule has 1 aromatic heterocycles. The topological polar surface area (TPSA) is 63.2 Å². The van der Waals surface area contributed by atoms with E-state index in [1.807, 2.05) is 60.8 Å². The second-order valence-electron chi connectivity index (χ2n) is 10.7. The van der Waals surface area contributed by atoms with Crippen LogP contribution in [0.5, 0.6) is 5.75 Å². The van der Waals surface area contributed by atoms with E-state index in [-0.39, 0.29) is 18.0 Å². The molecule has 0 unspecified atom stereocenters. The highest BCUT2D eigenvalue weighted by atomic mass is 31.1. The number of methoxy groups -OCH3 is 1. The Morgan fingerprint density at radius 2 is 1.65 bits per heavy atom. The molecular formula is C37H36N3O2P. The second kappa shape index (κ2) is 13.2. The van der Waals surface area contributed by atoms with E-state index in [2.05, 4.69) is 83.3 Å². The van der Waals surface area contributed by atoms with E-state index in [0.29, 0.717) is 5.56 Å². The fraction of sp³-hybridized carbons (Fsp3) is 0.189. The Hall–Kier alpha value is -4.47. The maximum atomic E-state index is 14.5. The number of nitrogens with zero attached hydrogens (tertiary/aromatic N) is 1. The summed E-state index contributed by atoms with van der Waals surface area (Å²) >= 11 is 0. The first kappa shape index (κ1) is 28.6. The summed E-state index contributed by atoms with van der Waals surface area (Å²) in [6, 6.07) is 36.8. The van der Waals surface area contributed by atoms with Gasteiger partial charge in [-0.05, 0) is 85.2 Å². The predicted octanol–water partition coefficient (Wildman–Crippen LogP) is 6.52. The van der Waals surface area contributed by atoms with Crippen LogP contribution in [0.1, 0.15) is 48.1 Å². The Morgan fingerprint density at radius 1 is 0.953 bits per heavy atom. The van der Waals surface area contributed by atoms with E-state index in [1.165, 1.54) is 16.2 Å². The van der Waals surface area contributed by atoms with Crippen LogP contribution in [0.15, 0.2) is 127 Å². The van der Waals surface area contributed by atoms with Gasteiger partial charge in [0, 0.05) is 17.1 Å². The number of amides is 1. The summed E-state index contributed by atoms with van der Waals surface area (Å²) in [5.41, 5.74) is 3.98. The maximum absolute atomic E-state index is 14.5. The summed E-state index contributed by atoms with van der Waals surface area (Å²) in [5.74, 6) is 0.679. The Bertz CT molecular complexity index is 1700. The number of ether oxygens (including phenoxy) is 1. The van der Waals surface area contributed by atoms with Crippen LogP contribution in [0.4, 0.5) is 0 Å². The number of fused-ring (bicyclic) bond motifs is 1. The first-order valence-electron chi connectivity index (χ1n) is 14.8. The number of allylic oxidation sites excluding steroid dienone is 1. The van der Waals surface area contributed by atoms with Crippen molar-refractivity contribution in [2.75, 3.05) is 7.11 Å². The van der Waals surface area contributed by atoms with E-state index >= 15 is 0 Å². The van der Waals surface area contributed by atoms with Gasteiger partial charge in [-0.3, -0.25) is 9.78 Å². The molecule has 0 aliphatic carbocycles. The lowest BCUT2D eigenvalue weighted by Gasteiger charge is -2.33. The fourth-order valence-electron chi connectivity index (χ4n) is 5.86. The van der Waals surface area contributed by atoms with E-state index in [9.17, 15) is 4.79 Å². The van der Waals surface area contributed by atoms with Gasteiger partial charge in [0.2, 0.25) is 0 Å². The molecule has 2 heterocycles. The average molecular weight is 586 g/mol. The molecule has 1 aliphatic rings. The van der Waals surface area contributed by atoms with Crippen LogP contribution >= 0.6 is 7.92 Å². The van der Waals surface area contributed by atoms with Crippen molar-refractivity contribution in [1.29, 1.82) is 0 Å². The van der Waals surface area contributed by atoms with E-state index < -0.39 is 7.92 Å². The van der Waals surface area contributed by atoms with Gasteiger partial charge in [0.15, 0.2) is 0 Å². The molecule has 6 heteroatoms. The third-order valence-electron chi connectivity index (χ3n) is 8.16. The quantitative estimate of drug-likeness (QED) is 0.194. The molecule has 0 radical (unpaired) electrons. The van der Waals surface area contributed by atoms with Crippen LogP contribution in [0.3, 0.4) is 0 Å². The lowest BCUT2D eigenvalue weighted by molar-refractivity contribution is 0.0928. The Balaban J connectivity index is 1.43. The number of carbonyl (C=O) groups excluding carboxylic acids is 1. The largest absolute Gasteiger partial charge is 0.497 e.